The van der Waals surface area contributed by atoms with Gasteiger partial charge in [0.25, 0.3) is 0 Å². The average molecular weight is 185 g/mol. The van der Waals surface area contributed by atoms with E-state index in [1.54, 1.807) is 0 Å². The molecule has 3 heteroatoms. The Morgan fingerprint density at radius 2 is 2.15 bits per heavy atom. The summed E-state index contributed by atoms with van der Waals surface area (Å²) in [5, 5.41) is 8.99. The maximum Gasteiger partial charge on any atom is 0.308 e. The molecular weight excluding hydrogens is 166 g/mol. The van der Waals surface area contributed by atoms with Crippen molar-refractivity contribution in [3.8, 4) is 0 Å². The van der Waals surface area contributed by atoms with Crippen LogP contribution in [-0.2, 0) is 4.79 Å². The van der Waals surface area contributed by atoms with Gasteiger partial charge < -0.3 is 10.0 Å². The van der Waals surface area contributed by atoms with E-state index in [2.05, 4.69) is 18.7 Å². The summed E-state index contributed by atoms with van der Waals surface area (Å²) < 4.78 is 0. The Balaban J connectivity index is 2.55. The molecule has 76 valence electrons. The summed E-state index contributed by atoms with van der Waals surface area (Å²) in [5.41, 5.74) is 0. The van der Waals surface area contributed by atoms with Gasteiger partial charge in [0.15, 0.2) is 0 Å². The fraction of sp³-hybridized carbons (Fsp3) is 0.900. The highest BCUT2D eigenvalue weighted by Gasteiger charge is 2.35. The summed E-state index contributed by atoms with van der Waals surface area (Å²) in [6.45, 7) is 5.95. The topological polar surface area (TPSA) is 40.5 Å². The van der Waals surface area contributed by atoms with Crippen LogP contribution in [0.1, 0.15) is 20.3 Å². The lowest BCUT2D eigenvalue weighted by Gasteiger charge is -2.16. The molecule has 0 aromatic carbocycles. The maximum absolute atomic E-state index is 10.9. The molecule has 0 aromatic rings. The van der Waals surface area contributed by atoms with Crippen molar-refractivity contribution in [1.29, 1.82) is 0 Å². The number of rotatable bonds is 3. The minimum absolute atomic E-state index is 0.146. The quantitative estimate of drug-likeness (QED) is 0.720. The highest BCUT2D eigenvalue weighted by Crippen LogP contribution is 2.28. The predicted molar refractivity (Wildman–Crippen MR) is 51.6 cm³/mol. The van der Waals surface area contributed by atoms with Gasteiger partial charge in [-0.15, -0.1) is 0 Å². The first kappa shape index (κ1) is 10.5. The molecule has 2 atom stereocenters. The summed E-state index contributed by atoms with van der Waals surface area (Å²) in [5.74, 6) is 0.170. The van der Waals surface area contributed by atoms with Crippen LogP contribution >= 0.6 is 0 Å². The monoisotopic (exact) mass is 185 g/mol. The first-order valence-electron chi connectivity index (χ1n) is 4.92. The molecule has 0 bridgehead atoms. The van der Waals surface area contributed by atoms with Gasteiger partial charge in [0.1, 0.15) is 0 Å². The number of carboxylic acids is 1. The van der Waals surface area contributed by atoms with E-state index in [-0.39, 0.29) is 5.92 Å². The second kappa shape index (κ2) is 4.09. The summed E-state index contributed by atoms with van der Waals surface area (Å²) >= 11 is 0. The van der Waals surface area contributed by atoms with Gasteiger partial charge in [0, 0.05) is 13.1 Å². The minimum atomic E-state index is -0.630. The van der Waals surface area contributed by atoms with Gasteiger partial charge in [0.05, 0.1) is 5.92 Å². The molecule has 0 saturated carbocycles. The van der Waals surface area contributed by atoms with Gasteiger partial charge in [-0.25, -0.2) is 0 Å². The highest BCUT2D eigenvalue weighted by atomic mass is 16.4. The lowest BCUT2D eigenvalue weighted by Crippen LogP contribution is -2.23. The summed E-state index contributed by atoms with van der Waals surface area (Å²) in [7, 11) is 2.00. The van der Waals surface area contributed by atoms with Gasteiger partial charge in [-0.3, -0.25) is 4.79 Å². The van der Waals surface area contributed by atoms with Gasteiger partial charge in [-0.1, -0.05) is 13.8 Å². The van der Waals surface area contributed by atoms with Crippen LogP contribution in [0.2, 0.25) is 0 Å². The highest BCUT2D eigenvalue weighted by molar-refractivity contribution is 5.71. The number of hydrogen-bond acceptors (Lipinski definition) is 2. The van der Waals surface area contributed by atoms with Gasteiger partial charge in [0.2, 0.25) is 0 Å². The molecule has 2 unspecified atom stereocenters. The average Bonchev–Trinajstić information content (AvgIpc) is 2.29. The van der Waals surface area contributed by atoms with E-state index in [1.807, 2.05) is 7.05 Å². The second-order valence-electron chi connectivity index (χ2n) is 4.56. The van der Waals surface area contributed by atoms with Gasteiger partial charge in [-0.05, 0) is 25.3 Å². The Kier molecular flexibility index (Phi) is 3.31. The predicted octanol–water partition coefficient (Wildman–Crippen LogP) is 1.29. The number of likely N-dealkylation sites (tertiary alicyclic amines) is 1. The number of carboxylic acid groups (broad SMARTS) is 1. The van der Waals surface area contributed by atoms with Crippen molar-refractivity contribution in [2.75, 3.05) is 20.1 Å². The summed E-state index contributed by atoms with van der Waals surface area (Å²) in [6, 6.07) is 0. The molecule has 1 rings (SSSR count). The largest absolute Gasteiger partial charge is 0.481 e. The first-order valence-corrected chi connectivity index (χ1v) is 4.92. The minimum Gasteiger partial charge on any atom is -0.481 e. The van der Waals surface area contributed by atoms with E-state index < -0.39 is 5.97 Å². The van der Waals surface area contributed by atoms with Crippen LogP contribution in [0, 0.1) is 17.8 Å². The van der Waals surface area contributed by atoms with E-state index in [0.29, 0.717) is 18.4 Å². The lowest BCUT2D eigenvalue weighted by molar-refractivity contribution is -0.142. The zero-order valence-corrected chi connectivity index (χ0v) is 8.66. The van der Waals surface area contributed by atoms with Crippen molar-refractivity contribution in [1.82, 2.24) is 4.90 Å². The molecule has 1 N–H and O–H groups in total. The van der Waals surface area contributed by atoms with Crippen molar-refractivity contribution in [3.05, 3.63) is 0 Å². The van der Waals surface area contributed by atoms with Crippen molar-refractivity contribution >= 4 is 5.97 Å². The van der Waals surface area contributed by atoms with Crippen LogP contribution in [0.4, 0.5) is 0 Å². The van der Waals surface area contributed by atoms with E-state index in [4.69, 9.17) is 5.11 Å². The van der Waals surface area contributed by atoms with Crippen molar-refractivity contribution < 1.29 is 9.90 Å². The Morgan fingerprint density at radius 3 is 2.62 bits per heavy atom. The molecule has 1 fully saturated rings. The van der Waals surface area contributed by atoms with Crippen molar-refractivity contribution in [2.45, 2.75) is 20.3 Å². The first-order chi connectivity index (χ1) is 6.00. The third-order valence-electron chi connectivity index (χ3n) is 2.71. The number of hydrogen-bond donors (Lipinski definition) is 1. The van der Waals surface area contributed by atoms with Gasteiger partial charge >= 0.3 is 5.97 Å². The van der Waals surface area contributed by atoms with E-state index >= 15 is 0 Å². The van der Waals surface area contributed by atoms with Crippen molar-refractivity contribution in [3.63, 3.8) is 0 Å². The molecule has 0 aromatic heterocycles. The van der Waals surface area contributed by atoms with Crippen LogP contribution in [0.5, 0.6) is 0 Å². The molecule has 0 radical (unpaired) electrons. The van der Waals surface area contributed by atoms with Crippen LogP contribution in [0.25, 0.3) is 0 Å². The zero-order valence-electron chi connectivity index (χ0n) is 8.66. The fourth-order valence-electron chi connectivity index (χ4n) is 2.21. The fourth-order valence-corrected chi connectivity index (χ4v) is 2.21. The summed E-state index contributed by atoms with van der Waals surface area (Å²) in [6.07, 6.45) is 1.03. The number of carbonyl (C=O) groups is 1. The van der Waals surface area contributed by atoms with E-state index in [0.717, 1.165) is 13.0 Å². The Labute approximate surface area is 79.7 Å². The van der Waals surface area contributed by atoms with Crippen LogP contribution in [0.3, 0.4) is 0 Å². The van der Waals surface area contributed by atoms with Gasteiger partial charge in [-0.2, -0.15) is 0 Å². The summed E-state index contributed by atoms with van der Waals surface area (Å²) in [4.78, 5) is 13.0. The normalized spacial score (nSPS) is 29.8. The maximum atomic E-state index is 10.9. The molecule has 1 saturated heterocycles. The smallest absolute Gasteiger partial charge is 0.308 e. The molecule has 0 spiro atoms. The third kappa shape index (κ3) is 2.69. The molecule has 13 heavy (non-hydrogen) atoms. The Bertz CT molecular complexity index is 191. The SMILES string of the molecule is CC(C)CC1CN(C)CC1C(=O)O. The van der Waals surface area contributed by atoms with E-state index in [1.165, 1.54) is 0 Å². The molecule has 1 heterocycles. The second-order valence-corrected chi connectivity index (χ2v) is 4.56. The molecule has 0 amide bonds. The van der Waals surface area contributed by atoms with Crippen LogP contribution in [-0.4, -0.2) is 36.1 Å². The number of nitrogens with zero attached hydrogens (tertiary/aromatic N) is 1. The third-order valence-corrected chi connectivity index (χ3v) is 2.71. The standard InChI is InChI=1S/C10H19NO2/c1-7(2)4-8-5-11(3)6-9(8)10(12)13/h7-9H,4-6H2,1-3H3,(H,12,13). The van der Waals surface area contributed by atoms with Crippen LogP contribution < -0.4 is 0 Å². The molecule has 0 aliphatic carbocycles. The Morgan fingerprint density at radius 1 is 1.54 bits per heavy atom. The lowest BCUT2D eigenvalue weighted by atomic mass is 9.88. The number of aliphatic carboxylic acids is 1. The molecule has 1 aliphatic heterocycles. The molecular formula is C10H19NO2. The van der Waals surface area contributed by atoms with E-state index in [9.17, 15) is 4.79 Å². The van der Waals surface area contributed by atoms with Crippen molar-refractivity contribution in [2.24, 2.45) is 17.8 Å². The molecule has 1 aliphatic rings. The zero-order chi connectivity index (χ0) is 10.0. The van der Waals surface area contributed by atoms with Crippen LogP contribution in [0.15, 0.2) is 0 Å². The Hall–Kier alpha value is -0.570. The molecule has 3 nitrogen and oxygen atoms in total.